The second-order valence-electron chi connectivity index (χ2n) is 3.21. The Labute approximate surface area is 81.9 Å². The van der Waals surface area contributed by atoms with Gasteiger partial charge in [-0.25, -0.2) is 9.59 Å². The Balaban J connectivity index is 3.85. The van der Waals surface area contributed by atoms with Gasteiger partial charge in [-0.1, -0.05) is 13.8 Å². The first kappa shape index (κ1) is 12.7. The van der Waals surface area contributed by atoms with E-state index in [9.17, 15) is 9.59 Å². The lowest BCUT2D eigenvalue weighted by molar-refractivity contribution is -0.140. The fourth-order valence-corrected chi connectivity index (χ4v) is 0.612. The first-order valence-electron chi connectivity index (χ1n) is 4.24. The van der Waals surface area contributed by atoms with Crippen LogP contribution in [-0.2, 0) is 9.53 Å². The van der Waals surface area contributed by atoms with Gasteiger partial charge in [0.25, 0.3) is 0 Å². The fraction of sp³-hybridized carbons (Fsp3) is 0.750. The Morgan fingerprint density at radius 3 is 2.36 bits per heavy atom. The summed E-state index contributed by atoms with van der Waals surface area (Å²) in [5, 5.41) is 19.1. The number of hydrogen-bond acceptors (Lipinski definition) is 4. The van der Waals surface area contributed by atoms with Gasteiger partial charge in [0, 0.05) is 0 Å². The van der Waals surface area contributed by atoms with Gasteiger partial charge in [0.15, 0.2) is 6.04 Å². The molecule has 0 aromatic carbocycles. The second-order valence-corrected chi connectivity index (χ2v) is 3.21. The topological polar surface area (TPSA) is 95.9 Å². The summed E-state index contributed by atoms with van der Waals surface area (Å²) in [6, 6.07) is -1.31. The molecule has 0 saturated heterocycles. The van der Waals surface area contributed by atoms with Crippen LogP contribution in [0, 0.1) is 5.92 Å². The average molecular weight is 205 g/mol. The van der Waals surface area contributed by atoms with Crippen molar-refractivity contribution in [1.29, 1.82) is 0 Å². The molecule has 6 nitrogen and oxygen atoms in total. The summed E-state index contributed by atoms with van der Waals surface area (Å²) in [5.41, 5.74) is 0. The number of aliphatic hydroxyl groups excluding tert-OH is 1. The Morgan fingerprint density at radius 1 is 1.43 bits per heavy atom. The van der Waals surface area contributed by atoms with E-state index in [1.807, 2.05) is 19.2 Å². The summed E-state index contributed by atoms with van der Waals surface area (Å²) in [7, 11) is 0. The van der Waals surface area contributed by atoms with Crippen LogP contribution in [0.15, 0.2) is 0 Å². The van der Waals surface area contributed by atoms with Gasteiger partial charge in [0.2, 0.25) is 0 Å². The van der Waals surface area contributed by atoms with Gasteiger partial charge in [0.1, 0.15) is 0 Å². The summed E-state index contributed by atoms with van der Waals surface area (Å²) in [5.74, 6) is -1.12. The monoisotopic (exact) mass is 205 g/mol. The third kappa shape index (κ3) is 5.36. The fourth-order valence-electron chi connectivity index (χ4n) is 0.612. The molecule has 14 heavy (non-hydrogen) atoms. The van der Waals surface area contributed by atoms with E-state index in [4.69, 9.17) is 10.2 Å². The molecule has 0 saturated carbocycles. The van der Waals surface area contributed by atoms with Crippen LogP contribution in [0.3, 0.4) is 0 Å². The van der Waals surface area contributed by atoms with Crippen LogP contribution in [0.25, 0.3) is 0 Å². The third-order valence-electron chi connectivity index (χ3n) is 1.32. The van der Waals surface area contributed by atoms with Gasteiger partial charge in [-0.2, -0.15) is 0 Å². The number of alkyl carbamates (subject to hydrolysis) is 1. The molecule has 0 rings (SSSR count). The molecule has 1 amide bonds. The van der Waals surface area contributed by atoms with Crippen molar-refractivity contribution in [3.63, 3.8) is 0 Å². The van der Waals surface area contributed by atoms with Crippen LogP contribution >= 0.6 is 0 Å². The predicted octanol–water partition coefficient (Wildman–Crippen LogP) is -0.186. The number of aliphatic hydroxyl groups is 1. The third-order valence-corrected chi connectivity index (χ3v) is 1.32. The zero-order chi connectivity index (χ0) is 11.1. The molecule has 6 heteroatoms. The van der Waals surface area contributed by atoms with Crippen LogP contribution in [0.5, 0.6) is 0 Å². The lowest BCUT2D eigenvalue weighted by atomic mass is 10.2. The van der Waals surface area contributed by atoms with Gasteiger partial charge in [0.05, 0.1) is 13.2 Å². The number of carboxylic acid groups (broad SMARTS) is 1. The summed E-state index contributed by atoms with van der Waals surface area (Å²) < 4.78 is 4.66. The average Bonchev–Trinajstić information content (AvgIpc) is 2.10. The van der Waals surface area contributed by atoms with Crippen LogP contribution < -0.4 is 5.32 Å². The van der Waals surface area contributed by atoms with Crippen molar-refractivity contribution < 1.29 is 24.5 Å². The minimum atomic E-state index is -1.31. The smallest absolute Gasteiger partial charge is 0.407 e. The molecule has 0 fully saturated rings. The molecular weight excluding hydrogens is 190 g/mol. The number of carboxylic acids is 1. The molecule has 0 bridgehead atoms. The molecule has 1 atom stereocenters. The molecule has 0 aliphatic rings. The standard InChI is InChI=1S/C8H15NO5/c1-5(2)4-14-8(13)9-6(3-10)7(11)12/h5-6,10H,3-4H2,1-2H3,(H,9,13)(H,11,12)/t6-/m0/s1. The molecule has 0 aromatic rings. The number of carbonyl (C=O) groups is 2. The summed E-state index contributed by atoms with van der Waals surface area (Å²) in [4.78, 5) is 21.3. The highest BCUT2D eigenvalue weighted by molar-refractivity contribution is 5.79. The Bertz CT molecular complexity index is 204. The molecule has 0 unspecified atom stereocenters. The van der Waals surface area contributed by atoms with E-state index in [0.717, 1.165) is 0 Å². The molecule has 0 aliphatic carbocycles. The summed E-state index contributed by atoms with van der Waals surface area (Å²) in [6.45, 7) is 3.26. The molecule has 0 radical (unpaired) electrons. The number of hydrogen-bond donors (Lipinski definition) is 3. The predicted molar refractivity (Wildman–Crippen MR) is 47.8 cm³/mol. The molecular formula is C8H15NO5. The first-order chi connectivity index (χ1) is 6.47. The van der Waals surface area contributed by atoms with E-state index in [0.29, 0.717) is 0 Å². The van der Waals surface area contributed by atoms with E-state index in [-0.39, 0.29) is 12.5 Å². The van der Waals surface area contributed by atoms with Gasteiger partial charge in [-0.05, 0) is 5.92 Å². The number of amides is 1. The van der Waals surface area contributed by atoms with Crippen molar-refractivity contribution in [3.8, 4) is 0 Å². The van der Waals surface area contributed by atoms with Crippen molar-refractivity contribution in [2.75, 3.05) is 13.2 Å². The quantitative estimate of drug-likeness (QED) is 0.578. The number of ether oxygens (including phenoxy) is 1. The van der Waals surface area contributed by atoms with Crippen molar-refractivity contribution in [1.82, 2.24) is 5.32 Å². The van der Waals surface area contributed by atoms with Crippen molar-refractivity contribution >= 4 is 12.1 Å². The van der Waals surface area contributed by atoms with E-state index in [2.05, 4.69) is 4.74 Å². The molecule has 0 heterocycles. The maximum Gasteiger partial charge on any atom is 0.407 e. The Hall–Kier alpha value is -1.30. The number of nitrogens with one attached hydrogen (secondary N) is 1. The minimum Gasteiger partial charge on any atom is -0.480 e. The molecule has 0 spiro atoms. The molecule has 82 valence electrons. The lowest BCUT2D eigenvalue weighted by Crippen LogP contribution is -2.43. The van der Waals surface area contributed by atoms with Crippen LogP contribution in [0.4, 0.5) is 4.79 Å². The Morgan fingerprint density at radius 2 is 2.00 bits per heavy atom. The second kappa shape index (κ2) is 6.20. The van der Waals surface area contributed by atoms with Crippen LogP contribution in [-0.4, -0.2) is 41.5 Å². The highest BCUT2D eigenvalue weighted by atomic mass is 16.5. The van der Waals surface area contributed by atoms with E-state index >= 15 is 0 Å². The zero-order valence-electron chi connectivity index (χ0n) is 8.19. The first-order valence-corrected chi connectivity index (χ1v) is 4.24. The van der Waals surface area contributed by atoms with Crippen LogP contribution in [0.1, 0.15) is 13.8 Å². The van der Waals surface area contributed by atoms with Gasteiger partial charge < -0.3 is 20.3 Å². The molecule has 0 aromatic heterocycles. The Kier molecular flexibility index (Phi) is 5.62. The van der Waals surface area contributed by atoms with Crippen molar-refractivity contribution in [2.24, 2.45) is 5.92 Å². The zero-order valence-corrected chi connectivity index (χ0v) is 8.19. The number of carbonyl (C=O) groups excluding carboxylic acids is 1. The highest BCUT2D eigenvalue weighted by Crippen LogP contribution is 1.93. The van der Waals surface area contributed by atoms with Gasteiger partial charge >= 0.3 is 12.1 Å². The summed E-state index contributed by atoms with van der Waals surface area (Å²) >= 11 is 0. The normalized spacial score (nSPS) is 12.3. The largest absolute Gasteiger partial charge is 0.480 e. The maximum absolute atomic E-state index is 10.9. The van der Waals surface area contributed by atoms with Gasteiger partial charge in [-0.3, -0.25) is 0 Å². The SMILES string of the molecule is CC(C)COC(=O)N[C@@H](CO)C(=O)O. The molecule has 0 aliphatic heterocycles. The number of rotatable bonds is 5. The number of aliphatic carboxylic acids is 1. The molecule has 3 N–H and O–H groups in total. The lowest BCUT2D eigenvalue weighted by Gasteiger charge is -2.12. The van der Waals surface area contributed by atoms with E-state index in [1.165, 1.54) is 0 Å². The van der Waals surface area contributed by atoms with Crippen molar-refractivity contribution in [2.45, 2.75) is 19.9 Å². The van der Waals surface area contributed by atoms with E-state index < -0.39 is 24.7 Å². The maximum atomic E-state index is 10.9. The van der Waals surface area contributed by atoms with Crippen LogP contribution in [0.2, 0.25) is 0 Å². The summed E-state index contributed by atoms with van der Waals surface area (Å²) in [6.07, 6.45) is -0.833. The minimum absolute atomic E-state index is 0.179. The van der Waals surface area contributed by atoms with Gasteiger partial charge in [-0.15, -0.1) is 0 Å². The van der Waals surface area contributed by atoms with E-state index in [1.54, 1.807) is 0 Å². The van der Waals surface area contributed by atoms with Crippen molar-refractivity contribution in [3.05, 3.63) is 0 Å². The highest BCUT2D eigenvalue weighted by Gasteiger charge is 2.19.